The van der Waals surface area contributed by atoms with Crippen molar-refractivity contribution in [1.82, 2.24) is 14.7 Å². The Bertz CT molecular complexity index is 1090. The molecule has 1 fully saturated rings. The number of hydrogen-bond acceptors (Lipinski definition) is 7. The van der Waals surface area contributed by atoms with Crippen LogP contribution in [0.5, 0.6) is 5.75 Å². The summed E-state index contributed by atoms with van der Waals surface area (Å²) in [6.07, 6.45) is 3.91. The number of rotatable bonds is 7. The van der Waals surface area contributed by atoms with Crippen molar-refractivity contribution >= 4 is 23.0 Å². The van der Waals surface area contributed by atoms with Gasteiger partial charge in [-0.3, -0.25) is 24.2 Å². The third-order valence-electron chi connectivity index (χ3n) is 5.82. The van der Waals surface area contributed by atoms with Crippen molar-refractivity contribution in [3.63, 3.8) is 0 Å². The summed E-state index contributed by atoms with van der Waals surface area (Å²) >= 11 is 0. The minimum atomic E-state index is -0.477. The van der Waals surface area contributed by atoms with E-state index >= 15 is 0 Å². The number of anilines is 3. The summed E-state index contributed by atoms with van der Waals surface area (Å²) in [7, 11) is 6.25. The lowest BCUT2D eigenvalue weighted by Crippen LogP contribution is -2.39. The van der Waals surface area contributed by atoms with Gasteiger partial charge in [0.1, 0.15) is 11.4 Å². The number of carbonyl (C=O) groups excluding carboxylic acids is 1. The van der Waals surface area contributed by atoms with Crippen molar-refractivity contribution in [2.24, 2.45) is 13.0 Å². The average Bonchev–Trinajstić information content (AvgIpc) is 2.76. The van der Waals surface area contributed by atoms with E-state index in [1.54, 1.807) is 33.3 Å². The second-order valence-electron chi connectivity index (χ2n) is 8.33. The Kier molecular flexibility index (Phi) is 7.24. The predicted molar refractivity (Wildman–Crippen MR) is 123 cm³/mol. The maximum Gasteiger partial charge on any atom is 0.290 e. The molecule has 0 saturated heterocycles. The van der Waals surface area contributed by atoms with Crippen molar-refractivity contribution in [1.29, 1.82) is 0 Å². The number of para-hydroxylation sites is 1. The fraction of sp³-hybridized carbons (Fsp3) is 0.500. The maximum atomic E-state index is 12.9. The molecule has 1 heterocycles. The number of methoxy groups -OCH3 is 1. The molecule has 0 radical (unpaired) electrons. The number of H-pyrrole nitrogens is 1. The van der Waals surface area contributed by atoms with Gasteiger partial charge in [-0.25, -0.2) is 0 Å². The molecule has 0 spiro atoms. The molecular formula is C22H31N5O5. The molecule has 10 nitrogen and oxygen atoms in total. The lowest BCUT2D eigenvalue weighted by Gasteiger charge is -2.32. The highest BCUT2D eigenvalue weighted by Gasteiger charge is 2.28. The number of nitrogens with one attached hydrogen (secondary N) is 3. The van der Waals surface area contributed by atoms with E-state index in [0.717, 1.165) is 30.4 Å². The van der Waals surface area contributed by atoms with Crippen molar-refractivity contribution in [2.45, 2.75) is 31.7 Å². The minimum Gasteiger partial charge on any atom is -0.505 e. The fourth-order valence-corrected chi connectivity index (χ4v) is 4.09. The van der Waals surface area contributed by atoms with Gasteiger partial charge in [-0.05, 0) is 25.0 Å². The van der Waals surface area contributed by atoms with Gasteiger partial charge in [0.2, 0.25) is 0 Å². The van der Waals surface area contributed by atoms with E-state index in [0.29, 0.717) is 6.61 Å². The molecule has 2 atom stereocenters. The molecule has 0 bridgehead atoms. The van der Waals surface area contributed by atoms with Gasteiger partial charge < -0.3 is 25.4 Å². The SMILES string of the molecule is COC[C@H]1CCCC[C@@H]1Nc1c(Nc2cccc(C(=O)N(C)C)c2O)c(=O)n(C)[nH]c1=O. The van der Waals surface area contributed by atoms with Gasteiger partial charge >= 0.3 is 0 Å². The highest BCUT2D eigenvalue weighted by molar-refractivity contribution is 5.98. The Morgan fingerprint density at radius 2 is 1.97 bits per heavy atom. The number of aryl methyl sites for hydroxylation is 1. The molecule has 3 rings (SSSR count). The molecule has 0 unspecified atom stereocenters. The Labute approximate surface area is 186 Å². The third kappa shape index (κ3) is 4.80. The molecule has 1 aromatic carbocycles. The van der Waals surface area contributed by atoms with E-state index in [1.807, 2.05) is 0 Å². The van der Waals surface area contributed by atoms with Crippen LogP contribution < -0.4 is 21.8 Å². The van der Waals surface area contributed by atoms with Crippen molar-refractivity contribution in [3.05, 3.63) is 44.5 Å². The number of nitrogens with zero attached hydrogens (tertiary/aromatic N) is 2. The first kappa shape index (κ1) is 23.4. The van der Waals surface area contributed by atoms with E-state index in [-0.39, 0.29) is 46.2 Å². The van der Waals surface area contributed by atoms with E-state index in [1.165, 1.54) is 18.0 Å². The highest BCUT2D eigenvalue weighted by Crippen LogP contribution is 2.33. The monoisotopic (exact) mass is 445 g/mol. The Morgan fingerprint density at radius 1 is 1.25 bits per heavy atom. The first-order chi connectivity index (χ1) is 15.2. The van der Waals surface area contributed by atoms with Gasteiger partial charge in [-0.1, -0.05) is 18.9 Å². The van der Waals surface area contributed by atoms with E-state index in [2.05, 4.69) is 15.7 Å². The molecular weight excluding hydrogens is 414 g/mol. The normalized spacial score (nSPS) is 18.2. The van der Waals surface area contributed by atoms with Crippen LogP contribution in [0.3, 0.4) is 0 Å². The van der Waals surface area contributed by atoms with Crippen LogP contribution in [0.2, 0.25) is 0 Å². The number of hydrogen-bond donors (Lipinski definition) is 4. The Hall–Kier alpha value is -3.27. The molecule has 1 amide bonds. The van der Waals surface area contributed by atoms with Gasteiger partial charge in [-0.15, -0.1) is 0 Å². The summed E-state index contributed by atoms with van der Waals surface area (Å²) < 4.78 is 6.42. The number of amides is 1. The summed E-state index contributed by atoms with van der Waals surface area (Å²) in [6, 6.07) is 4.60. The summed E-state index contributed by atoms with van der Waals surface area (Å²) in [5.41, 5.74) is -0.594. The molecule has 2 aromatic rings. The molecule has 1 saturated carbocycles. The van der Waals surface area contributed by atoms with Crippen LogP contribution in [0.25, 0.3) is 0 Å². The smallest absolute Gasteiger partial charge is 0.290 e. The van der Waals surface area contributed by atoms with Gasteiger partial charge in [-0.2, -0.15) is 0 Å². The first-order valence-electron chi connectivity index (χ1n) is 10.6. The lowest BCUT2D eigenvalue weighted by molar-refractivity contribution is 0.0824. The number of benzene rings is 1. The van der Waals surface area contributed by atoms with Crippen LogP contribution in [0.15, 0.2) is 27.8 Å². The molecule has 4 N–H and O–H groups in total. The van der Waals surface area contributed by atoms with Crippen LogP contribution in [-0.2, 0) is 11.8 Å². The zero-order valence-corrected chi connectivity index (χ0v) is 18.9. The van der Waals surface area contributed by atoms with Gasteiger partial charge in [0.25, 0.3) is 17.0 Å². The number of aromatic amines is 1. The van der Waals surface area contributed by atoms with Crippen LogP contribution in [-0.4, -0.2) is 59.5 Å². The quantitative estimate of drug-likeness (QED) is 0.479. The fourth-order valence-electron chi connectivity index (χ4n) is 4.09. The molecule has 10 heteroatoms. The molecule has 32 heavy (non-hydrogen) atoms. The number of aromatic hydroxyl groups is 1. The van der Waals surface area contributed by atoms with E-state index in [9.17, 15) is 19.5 Å². The largest absolute Gasteiger partial charge is 0.505 e. The van der Waals surface area contributed by atoms with Gasteiger partial charge in [0.15, 0.2) is 5.75 Å². The van der Waals surface area contributed by atoms with E-state index in [4.69, 9.17) is 4.74 Å². The predicted octanol–water partition coefficient (Wildman–Crippen LogP) is 1.84. The number of phenols is 1. The Morgan fingerprint density at radius 3 is 2.66 bits per heavy atom. The van der Waals surface area contributed by atoms with Gasteiger partial charge in [0, 0.05) is 40.2 Å². The second-order valence-corrected chi connectivity index (χ2v) is 8.33. The van der Waals surface area contributed by atoms with Crippen LogP contribution in [0.1, 0.15) is 36.0 Å². The van der Waals surface area contributed by atoms with Crippen molar-refractivity contribution in [3.8, 4) is 5.75 Å². The van der Waals surface area contributed by atoms with E-state index < -0.39 is 11.1 Å². The number of carbonyl (C=O) groups is 1. The zero-order chi connectivity index (χ0) is 23.4. The van der Waals surface area contributed by atoms with Crippen molar-refractivity contribution in [2.75, 3.05) is 38.4 Å². The first-order valence-corrected chi connectivity index (χ1v) is 10.6. The van der Waals surface area contributed by atoms with Crippen LogP contribution >= 0.6 is 0 Å². The minimum absolute atomic E-state index is 0.00254. The highest BCUT2D eigenvalue weighted by atomic mass is 16.5. The third-order valence-corrected chi connectivity index (χ3v) is 5.82. The molecule has 0 aliphatic heterocycles. The summed E-state index contributed by atoms with van der Waals surface area (Å²) in [5, 5.41) is 19.4. The zero-order valence-electron chi connectivity index (χ0n) is 18.9. The second kappa shape index (κ2) is 9.90. The average molecular weight is 446 g/mol. The molecule has 174 valence electrons. The number of aromatic nitrogens is 2. The standard InChI is InChI=1S/C22H31N5O5/c1-26(2)21(30)14-9-7-11-16(19(14)28)24-18-17(20(29)25-27(3)22(18)31)23-15-10-6-5-8-13(15)12-32-4/h7,9,11,13,15,23-24,28H,5-6,8,10,12H2,1-4H3,(H,25,29)/t13-,15+/m1/s1. The van der Waals surface area contributed by atoms with Crippen LogP contribution in [0, 0.1) is 5.92 Å². The number of phenolic OH excluding ortho intramolecular Hbond substituents is 1. The Balaban J connectivity index is 2.02. The summed E-state index contributed by atoms with van der Waals surface area (Å²) in [5.74, 6) is -0.471. The molecule has 1 aromatic heterocycles. The molecule has 1 aliphatic carbocycles. The van der Waals surface area contributed by atoms with Crippen LogP contribution in [0.4, 0.5) is 17.1 Å². The summed E-state index contributed by atoms with van der Waals surface area (Å²) in [6.45, 7) is 0.554. The van der Waals surface area contributed by atoms with Crippen molar-refractivity contribution < 1.29 is 14.6 Å². The van der Waals surface area contributed by atoms with Gasteiger partial charge in [0.05, 0.1) is 17.9 Å². The topological polar surface area (TPSA) is 129 Å². The number of ether oxygens (including phenoxy) is 1. The maximum absolute atomic E-state index is 12.9. The lowest BCUT2D eigenvalue weighted by atomic mass is 9.85. The molecule has 1 aliphatic rings. The summed E-state index contributed by atoms with van der Waals surface area (Å²) in [4.78, 5) is 39.5.